The van der Waals surface area contributed by atoms with Gasteiger partial charge in [-0.2, -0.15) is 18.2 Å². The summed E-state index contributed by atoms with van der Waals surface area (Å²) in [6.07, 6.45) is 0.543. The van der Waals surface area contributed by atoms with Gasteiger partial charge in [-0.1, -0.05) is 62.2 Å². The van der Waals surface area contributed by atoms with Gasteiger partial charge in [0.25, 0.3) is 0 Å². The zero-order chi connectivity index (χ0) is 22.3. The Hall–Kier alpha value is -3.09. The standard InChI is InChI=1S/C24H26F3N3O/c1-3-4-6-9-18-12-14-20(15-13-18)30(2)22-21(24(25,26)27)16-28-23(29-22)31-17-19-10-7-5-8-11-19/h5,7-8,10-16H,3-4,6,9,17H2,1-2H3. The van der Waals surface area contributed by atoms with Gasteiger partial charge in [-0.3, -0.25) is 0 Å². The highest BCUT2D eigenvalue weighted by Crippen LogP contribution is 2.37. The number of aryl methyl sites for hydroxylation is 1. The van der Waals surface area contributed by atoms with Crippen LogP contribution in [0.25, 0.3) is 0 Å². The van der Waals surface area contributed by atoms with E-state index in [4.69, 9.17) is 4.74 Å². The van der Waals surface area contributed by atoms with Gasteiger partial charge >= 0.3 is 12.2 Å². The van der Waals surface area contributed by atoms with Crippen LogP contribution in [0, 0.1) is 0 Å². The second-order valence-corrected chi connectivity index (χ2v) is 7.34. The largest absolute Gasteiger partial charge is 0.459 e. The van der Waals surface area contributed by atoms with Crippen molar-refractivity contribution in [2.45, 2.75) is 45.4 Å². The van der Waals surface area contributed by atoms with E-state index in [0.29, 0.717) is 5.69 Å². The van der Waals surface area contributed by atoms with Gasteiger partial charge in [0.15, 0.2) is 5.82 Å². The monoisotopic (exact) mass is 429 g/mol. The van der Waals surface area contributed by atoms with Crippen LogP contribution in [0.3, 0.4) is 0 Å². The van der Waals surface area contributed by atoms with Gasteiger partial charge in [0.1, 0.15) is 12.2 Å². The van der Waals surface area contributed by atoms with Gasteiger partial charge < -0.3 is 9.64 Å². The summed E-state index contributed by atoms with van der Waals surface area (Å²) in [5.41, 5.74) is 1.74. The van der Waals surface area contributed by atoms with E-state index >= 15 is 0 Å². The number of hydrogen-bond acceptors (Lipinski definition) is 4. The first-order valence-electron chi connectivity index (χ1n) is 10.3. The molecule has 0 aliphatic carbocycles. The van der Waals surface area contributed by atoms with Crippen LogP contribution in [-0.4, -0.2) is 17.0 Å². The number of halogens is 3. The summed E-state index contributed by atoms with van der Waals surface area (Å²) in [5.74, 6) is -0.246. The van der Waals surface area contributed by atoms with Crippen molar-refractivity contribution in [3.63, 3.8) is 0 Å². The van der Waals surface area contributed by atoms with Crippen molar-refractivity contribution < 1.29 is 17.9 Å². The van der Waals surface area contributed by atoms with Crippen molar-refractivity contribution >= 4 is 11.5 Å². The van der Waals surface area contributed by atoms with Crippen LogP contribution in [0.2, 0.25) is 0 Å². The number of aromatic nitrogens is 2. The third kappa shape index (κ3) is 6.20. The topological polar surface area (TPSA) is 38.2 Å². The molecule has 0 atom stereocenters. The van der Waals surface area contributed by atoms with Crippen LogP contribution in [0.5, 0.6) is 6.01 Å². The van der Waals surface area contributed by atoms with Crippen molar-refractivity contribution in [2.75, 3.05) is 11.9 Å². The van der Waals surface area contributed by atoms with Crippen molar-refractivity contribution in [1.82, 2.24) is 9.97 Å². The minimum Gasteiger partial charge on any atom is -0.459 e. The van der Waals surface area contributed by atoms with Crippen LogP contribution in [0.4, 0.5) is 24.7 Å². The lowest BCUT2D eigenvalue weighted by Crippen LogP contribution is -2.19. The third-order valence-electron chi connectivity index (χ3n) is 4.97. The molecule has 3 rings (SSSR count). The summed E-state index contributed by atoms with van der Waals surface area (Å²) in [4.78, 5) is 9.27. The van der Waals surface area contributed by atoms with Gasteiger partial charge in [0.05, 0.1) is 0 Å². The number of unbranched alkanes of at least 4 members (excludes halogenated alkanes) is 2. The third-order valence-corrected chi connectivity index (χ3v) is 4.97. The van der Waals surface area contributed by atoms with Gasteiger partial charge in [0, 0.05) is 18.9 Å². The SMILES string of the molecule is CCCCCc1ccc(N(C)c2nc(OCc3ccccc3)ncc2C(F)(F)F)cc1. The molecule has 0 N–H and O–H groups in total. The molecule has 1 aromatic heterocycles. The van der Waals surface area contributed by atoms with Crippen molar-refractivity contribution in [3.8, 4) is 6.01 Å². The zero-order valence-electron chi connectivity index (χ0n) is 17.7. The maximum absolute atomic E-state index is 13.6. The van der Waals surface area contributed by atoms with Crippen molar-refractivity contribution in [2.24, 2.45) is 0 Å². The van der Waals surface area contributed by atoms with Gasteiger partial charge in [0.2, 0.25) is 0 Å². The van der Waals surface area contributed by atoms with Crippen LogP contribution in [0.1, 0.15) is 42.9 Å². The van der Waals surface area contributed by atoms with E-state index in [1.165, 1.54) is 4.90 Å². The maximum atomic E-state index is 13.6. The fraction of sp³-hybridized carbons (Fsp3) is 0.333. The molecule has 31 heavy (non-hydrogen) atoms. The van der Waals surface area contributed by atoms with E-state index in [1.807, 2.05) is 54.6 Å². The van der Waals surface area contributed by atoms with Crippen LogP contribution in [0.15, 0.2) is 60.8 Å². The summed E-state index contributed by atoms with van der Waals surface area (Å²) in [7, 11) is 1.56. The molecule has 1 heterocycles. The summed E-state index contributed by atoms with van der Waals surface area (Å²) in [6, 6.07) is 16.7. The molecule has 164 valence electrons. The Morgan fingerprint density at radius 3 is 2.29 bits per heavy atom. The lowest BCUT2D eigenvalue weighted by Gasteiger charge is -2.23. The summed E-state index contributed by atoms with van der Waals surface area (Å²) in [6.45, 7) is 2.32. The maximum Gasteiger partial charge on any atom is 0.421 e. The number of anilines is 2. The van der Waals surface area contributed by atoms with Crippen LogP contribution < -0.4 is 9.64 Å². The lowest BCUT2D eigenvalue weighted by atomic mass is 10.1. The predicted octanol–water partition coefficient (Wildman–Crippen LogP) is 6.58. The molecule has 7 heteroatoms. The minimum absolute atomic E-state index is 0.102. The van der Waals surface area contributed by atoms with Crippen LogP contribution in [-0.2, 0) is 19.2 Å². The number of alkyl halides is 3. The number of nitrogens with zero attached hydrogens (tertiary/aromatic N) is 3. The molecule has 0 unspecified atom stereocenters. The molecule has 0 saturated carbocycles. The smallest absolute Gasteiger partial charge is 0.421 e. The highest BCUT2D eigenvalue weighted by molar-refractivity contribution is 5.63. The zero-order valence-corrected chi connectivity index (χ0v) is 17.7. The molecular weight excluding hydrogens is 403 g/mol. The van der Waals surface area contributed by atoms with E-state index in [1.54, 1.807) is 7.05 Å². The fourth-order valence-electron chi connectivity index (χ4n) is 3.19. The first-order chi connectivity index (χ1) is 14.9. The number of hydrogen-bond donors (Lipinski definition) is 0. The predicted molar refractivity (Wildman–Crippen MR) is 116 cm³/mol. The Labute approximate surface area is 180 Å². The highest BCUT2D eigenvalue weighted by Gasteiger charge is 2.36. The molecule has 0 amide bonds. The fourth-order valence-corrected chi connectivity index (χ4v) is 3.19. The van der Waals surface area contributed by atoms with Gasteiger partial charge in [-0.15, -0.1) is 0 Å². The molecule has 0 aliphatic rings. The Morgan fingerprint density at radius 2 is 1.65 bits per heavy atom. The Balaban J connectivity index is 1.82. The average Bonchev–Trinajstić information content (AvgIpc) is 2.78. The normalized spacial score (nSPS) is 11.4. The molecule has 4 nitrogen and oxygen atoms in total. The number of benzene rings is 2. The molecule has 0 saturated heterocycles. The van der Waals surface area contributed by atoms with Crippen molar-refractivity contribution in [3.05, 3.63) is 77.5 Å². The average molecular weight is 429 g/mol. The van der Waals surface area contributed by atoms with E-state index < -0.39 is 11.7 Å². The Bertz CT molecular complexity index is 960. The molecule has 3 aromatic rings. The Morgan fingerprint density at radius 1 is 0.935 bits per heavy atom. The summed E-state index contributed by atoms with van der Waals surface area (Å²) >= 11 is 0. The van der Waals surface area contributed by atoms with Crippen molar-refractivity contribution in [1.29, 1.82) is 0 Å². The first-order valence-corrected chi connectivity index (χ1v) is 10.3. The molecule has 0 aliphatic heterocycles. The van der Waals surface area contributed by atoms with E-state index in [-0.39, 0.29) is 18.4 Å². The van der Waals surface area contributed by atoms with Gasteiger partial charge in [-0.05, 0) is 36.1 Å². The molecule has 0 spiro atoms. The molecule has 0 radical (unpaired) electrons. The highest BCUT2D eigenvalue weighted by atomic mass is 19.4. The van der Waals surface area contributed by atoms with E-state index in [2.05, 4.69) is 16.9 Å². The Kier molecular flexibility index (Phi) is 7.50. The quantitative estimate of drug-likeness (QED) is 0.360. The van der Waals surface area contributed by atoms with E-state index in [9.17, 15) is 13.2 Å². The molecular formula is C24H26F3N3O. The second kappa shape index (κ2) is 10.3. The summed E-state index contributed by atoms with van der Waals surface area (Å²) in [5, 5.41) is 0. The molecule has 0 fully saturated rings. The number of ether oxygens (including phenoxy) is 1. The lowest BCUT2D eigenvalue weighted by molar-refractivity contribution is -0.137. The minimum atomic E-state index is -4.58. The van der Waals surface area contributed by atoms with Gasteiger partial charge in [-0.25, -0.2) is 4.98 Å². The summed E-state index contributed by atoms with van der Waals surface area (Å²) < 4.78 is 46.3. The first kappa shape index (κ1) is 22.6. The number of rotatable bonds is 9. The van der Waals surface area contributed by atoms with E-state index in [0.717, 1.165) is 43.0 Å². The molecule has 0 bridgehead atoms. The van der Waals surface area contributed by atoms with Crippen LogP contribution >= 0.6 is 0 Å². The molecule has 2 aromatic carbocycles. The second-order valence-electron chi connectivity index (χ2n) is 7.34.